The Bertz CT molecular complexity index is 1210. The zero-order valence-electron chi connectivity index (χ0n) is 15.1. The molecule has 6 nitrogen and oxygen atoms in total. The fraction of sp³-hybridized carbons (Fsp3) is 0.250. The molecule has 1 fully saturated rings. The van der Waals surface area contributed by atoms with Gasteiger partial charge >= 0.3 is 0 Å². The van der Waals surface area contributed by atoms with E-state index in [1.807, 2.05) is 11.9 Å². The van der Waals surface area contributed by atoms with Crippen LogP contribution in [0.2, 0.25) is 0 Å². The molecule has 142 valence electrons. The number of halogens is 2. The van der Waals surface area contributed by atoms with Crippen molar-refractivity contribution >= 4 is 22.4 Å². The van der Waals surface area contributed by atoms with Crippen LogP contribution >= 0.6 is 0 Å². The van der Waals surface area contributed by atoms with Gasteiger partial charge in [0.25, 0.3) is 5.56 Å². The number of likely N-dealkylation sites (N-methyl/N-ethyl adjacent to an activating group) is 1. The Morgan fingerprint density at radius 3 is 2.46 bits per heavy atom. The van der Waals surface area contributed by atoms with E-state index in [1.54, 1.807) is 6.07 Å². The molecule has 5 rings (SSSR count). The van der Waals surface area contributed by atoms with Gasteiger partial charge < -0.3 is 9.80 Å². The van der Waals surface area contributed by atoms with Crippen LogP contribution < -0.4 is 10.5 Å². The van der Waals surface area contributed by atoms with Crippen LogP contribution in [0.5, 0.6) is 0 Å². The monoisotopic (exact) mass is 382 g/mol. The van der Waals surface area contributed by atoms with Gasteiger partial charge in [0.1, 0.15) is 11.6 Å². The van der Waals surface area contributed by atoms with Crippen molar-refractivity contribution in [3.63, 3.8) is 0 Å². The largest absolute Gasteiger partial charge is 0.367 e. The molecule has 2 aliphatic rings. The summed E-state index contributed by atoms with van der Waals surface area (Å²) in [5.41, 5.74) is 0.411. The number of aromatic nitrogens is 2. The molecule has 1 saturated heterocycles. The first-order valence-electron chi connectivity index (χ1n) is 8.98. The molecular weight excluding hydrogens is 366 g/mol. The summed E-state index contributed by atoms with van der Waals surface area (Å²) in [5.74, 6) is -1.71. The lowest BCUT2D eigenvalue weighted by atomic mass is 10.1. The molecule has 28 heavy (non-hydrogen) atoms. The second kappa shape index (κ2) is 5.93. The zero-order chi connectivity index (χ0) is 19.6. The van der Waals surface area contributed by atoms with Gasteiger partial charge in [-0.05, 0) is 31.3 Å². The number of benzene rings is 2. The standard InChI is InChI=1S/C20H16F2N4O2/c1-24-4-6-25(7-5-24)17-10-16-13(9-14(17)22)18(27)19-23-15-8-11(21)2-3-12(15)20(28)26(16)19/h2-3,8-10H,4-7H2,1H3. The number of carbonyl (C=O) groups is 1. The maximum atomic E-state index is 14.8. The smallest absolute Gasteiger partial charge is 0.266 e. The Balaban J connectivity index is 1.72. The summed E-state index contributed by atoms with van der Waals surface area (Å²) >= 11 is 0. The highest BCUT2D eigenvalue weighted by atomic mass is 19.1. The van der Waals surface area contributed by atoms with Crippen LogP contribution in [0.3, 0.4) is 0 Å². The summed E-state index contributed by atoms with van der Waals surface area (Å²) in [6.45, 7) is 2.89. The van der Waals surface area contributed by atoms with E-state index in [-0.39, 0.29) is 22.3 Å². The van der Waals surface area contributed by atoms with Crippen molar-refractivity contribution in [2.45, 2.75) is 0 Å². The summed E-state index contributed by atoms with van der Waals surface area (Å²) in [6.07, 6.45) is 0. The summed E-state index contributed by atoms with van der Waals surface area (Å²) < 4.78 is 29.5. The molecule has 1 aromatic heterocycles. The fourth-order valence-electron chi connectivity index (χ4n) is 3.86. The van der Waals surface area contributed by atoms with Gasteiger partial charge in [0.05, 0.1) is 27.8 Å². The quantitative estimate of drug-likeness (QED) is 0.504. The SMILES string of the molecule is CN1CCN(c2cc3c(cc2F)C(=O)c2nc4cc(F)ccc4c(=O)n2-3)CC1. The van der Waals surface area contributed by atoms with Gasteiger partial charge in [-0.25, -0.2) is 13.8 Å². The predicted octanol–water partition coefficient (Wildman–Crippen LogP) is 1.96. The maximum Gasteiger partial charge on any atom is 0.266 e. The number of ketones is 1. The van der Waals surface area contributed by atoms with Gasteiger partial charge in [0.15, 0.2) is 5.82 Å². The number of piperazine rings is 1. The molecule has 0 atom stereocenters. The maximum absolute atomic E-state index is 14.8. The summed E-state index contributed by atoms with van der Waals surface area (Å²) in [5, 5.41) is 0.205. The molecule has 0 spiro atoms. The van der Waals surface area contributed by atoms with Crippen LogP contribution in [0.15, 0.2) is 35.1 Å². The molecular formula is C20H16F2N4O2. The number of hydrogen-bond donors (Lipinski definition) is 0. The summed E-state index contributed by atoms with van der Waals surface area (Å²) in [7, 11) is 2.00. The Labute approximate surface area is 158 Å². The van der Waals surface area contributed by atoms with E-state index in [2.05, 4.69) is 9.88 Å². The van der Waals surface area contributed by atoms with Crippen LogP contribution in [-0.4, -0.2) is 53.5 Å². The molecule has 0 amide bonds. The van der Waals surface area contributed by atoms with Crippen LogP contribution in [0.25, 0.3) is 16.6 Å². The molecule has 2 aromatic carbocycles. The third-order valence-corrected chi connectivity index (χ3v) is 5.43. The molecule has 8 heteroatoms. The molecule has 0 unspecified atom stereocenters. The highest BCUT2D eigenvalue weighted by Crippen LogP contribution is 2.32. The third-order valence-electron chi connectivity index (χ3n) is 5.43. The summed E-state index contributed by atoms with van der Waals surface area (Å²) in [4.78, 5) is 34.0. The summed E-state index contributed by atoms with van der Waals surface area (Å²) in [6, 6.07) is 6.36. The third kappa shape index (κ3) is 2.37. The first-order chi connectivity index (χ1) is 13.4. The van der Waals surface area contributed by atoms with E-state index in [9.17, 15) is 18.4 Å². The molecule has 0 saturated carbocycles. The van der Waals surface area contributed by atoms with Crippen LogP contribution in [0, 0.1) is 11.6 Å². The Kier molecular flexibility index (Phi) is 3.60. The van der Waals surface area contributed by atoms with Gasteiger partial charge in [-0.2, -0.15) is 0 Å². The van der Waals surface area contributed by atoms with Gasteiger partial charge in [-0.1, -0.05) is 0 Å². The number of fused-ring (bicyclic) bond motifs is 4. The van der Waals surface area contributed by atoms with E-state index in [0.29, 0.717) is 24.5 Å². The van der Waals surface area contributed by atoms with Crippen molar-refractivity contribution in [2.75, 3.05) is 38.1 Å². The topological polar surface area (TPSA) is 58.4 Å². The van der Waals surface area contributed by atoms with Crippen molar-refractivity contribution in [3.05, 3.63) is 63.7 Å². The zero-order valence-corrected chi connectivity index (χ0v) is 15.1. The minimum Gasteiger partial charge on any atom is -0.367 e. The minimum atomic E-state index is -0.546. The second-order valence-electron chi connectivity index (χ2n) is 7.18. The van der Waals surface area contributed by atoms with Crippen LogP contribution in [0.1, 0.15) is 16.2 Å². The average Bonchev–Trinajstić information content (AvgIpc) is 2.94. The molecule has 0 bridgehead atoms. The van der Waals surface area contributed by atoms with Crippen molar-refractivity contribution in [3.8, 4) is 5.69 Å². The van der Waals surface area contributed by atoms with Gasteiger partial charge in [-0.3, -0.25) is 14.2 Å². The fourth-order valence-corrected chi connectivity index (χ4v) is 3.86. The number of carbonyl (C=O) groups excluding carboxylic acids is 1. The average molecular weight is 382 g/mol. The molecule has 2 aliphatic heterocycles. The predicted molar refractivity (Wildman–Crippen MR) is 100 cm³/mol. The Morgan fingerprint density at radius 2 is 1.71 bits per heavy atom. The van der Waals surface area contributed by atoms with E-state index < -0.39 is 23.0 Å². The van der Waals surface area contributed by atoms with E-state index >= 15 is 0 Å². The van der Waals surface area contributed by atoms with Crippen molar-refractivity contribution in [1.29, 1.82) is 0 Å². The highest BCUT2D eigenvalue weighted by Gasteiger charge is 2.33. The van der Waals surface area contributed by atoms with Crippen molar-refractivity contribution in [2.24, 2.45) is 0 Å². The molecule has 0 N–H and O–H groups in total. The van der Waals surface area contributed by atoms with Gasteiger partial charge in [-0.15, -0.1) is 0 Å². The normalized spacial score (nSPS) is 16.5. The number of nitrogens with zero attached hydrogens (tertiary/aromatic N) is 4. The number of hydrogen-bond acceptors (Lipinski definition) is 5. The molecule has 0 radical (unpaired) electrons. The first-order valence-corrected chi connectivity index (χ1v) is 8.98. The Hall–Kier alpha value is -3.13. The van der Waals surface area contributed by atoms with Gasteiger partial charge in [0, 0.05) is 32.2 Å². The van der Waals surface area contributed by atoms with Crippen molar-refractivity contribution in [1.82, 2.24) is 14.5 Å². The van der Waals surface area contributed by atoms with Gasteiger partial charge in [0.2, 0.25) is 5.78 Å². The molecule has 3 aromatic rings. The molecule has 0 aliphatic carbocycles. The highest BCUT2D eigenvalue weighted by molar-refractivity contribution is 6.13. The van der Waals surface area contributed by atoms with E-state index in [0.717, 1.165) is 19.2 Å². The lowest BCUT2D eigenvalue weighted by molar-refractivity contribution is 0.103. The van der Waals surface area contributed by atoms with E-state index in [4.69, 9.17) is 0 Å². The van der Waals surface area contributed by atoms with E-state index in [1.165, 1.54) is 22.8 Å². The minimum absolute atomic E-state index is 0.0933. The second-order valence-corrected chi connectivity index (χ2v) is 7.18. The number of rotatable bonds is 1. The first kappa shape index (κ1) is 17.0. The lowest BCUT2D eigenvalue weighted by Gasteiger charge is -2.34. The van der Waals surface area contributed by atoms with Crippen LogP contribution in [-0.2, 0) is 0 Å². The lowest BCUT2D eigenvalue weighted by Crippen LogP contribution is -2.44. The number of anilines is 1. The molecule has 3 heterocycles. The van der Waals surface area contributed by atoms with Crippen molar-refractivity contribution < 1.29 is 13.6 Å². The van der Waals surface area contributed by atoms with Crippen LogP contribution in [0.4, 0.5) is 14.5 Å². The Morgan fingerprint density at radius 1 is 0.964 bits per heavy atom.